The van der Waals surface area contributed by atoms with Gasteiger partial charge in [0, 0.05) is 8.95 Å². The summed E-state index contributed by atoms with van der Waals surface area (Å²) in [5, 5.41) is 8.42. The van der Waals surface area contributed by atoms with Crippen molar-refractivity contribution in [3.05, 3.63) is 45.3 Å². The van der Waals surface area contributed by atoms with Crippen molar-refractivity contribution >= 4 is 43.2 Å². The Bertz CT molecular complexity index is 590. The fourth-order valence-corrected chi connectivity index (χ4v) is 2.26. The number of benzene rings is 2. The number of halogens is 2. The Hall–Kier alpha value is -1.40. The third-order valence-electron chi connectivity index (χ3n) is 2.55. The Balaban J connectivity index is 2.34. The largest absolute Gasteiger partial charge is 0.494 e. The smallest absolute Gasteiger partial charge is 0.147 e. The number of nitrogens with zero attached hydrogens (tertiary/aromatic N) is 2. The van der Waals surface area contributed by atoms with Gasteiger partial charge in [0.05, 0.1) is 14.2 Å². The molecule has 0 aliphatic rings. The van der Waals surface area contributed by atoms with Crippen LogP contribution in [0.2, 0.25) is 0 Å². The average molecular weight is 400 g/mol. The van der Waals surface area contributed by atoms with Crippen LogP contribution in [-0.2, 0) is 0 Å². The molecule has 0 aliphatic heterocycles. The van der Waals surface area contributed by atoms with Crippen LogP contribution in [0.15, 0.2) is 55.6 Å². The molecular formula is C14H12Br2N2O2. The van der Waals surface area contributed by atoms with Crippen molar-refractivity contribution < 1.29 is 9.47 Å². The topological polar surface area (TPSA) is 43.2 Å². The number of hydrogen-bond acceptors (Lipinski definition) is 4. The lowest BCUT2D eigenvalue weighted by Gasteiger charge is -2.05. The number of hydrogen-bond donors (Lipinski definition) is 0. The first-order chi connectivity index (χ1) is 9.63. The first kappa shape index (κ1) is 15.0. The summed E-state index contributed by atoms with van der Waals surface area (Å²) in [5.41, 5.74) is 1.31. The zero-order valence-electron chi connectivity index (χ0n) is 10.9. The number of rotatable bonds is 4. The molecule has 0 saturated carbocycles. The van der Waals surface area contributed by atoms with E-state index in [0.29, 0.717) is 22.9 Å². The van der Waals surface area contributed by atoms with E-state index in [1.54, 1.807) is 14.2 Å². The molecule has 0 heterocycles. The van der Waals surface area contributed by atoms with Crippen molar-refractivity contribution in [3.63, 3.8) is 0 Å². The fraction of sp³-hybridized carbons (Fsp3) is 0.143. The van der Waals surface area contributed by atoms with Crippen LogP contribution in [0, 0.1) is 0 Å². The third kappa shape index (κ3) is 3.58. The SMILES string of the molecule is COc1cc(Br)ccc1N=Nc1ccc(Br)cc1OC. The van der Waals surface area contributed by atoms with Crippen LogP contribution in [-0.4, -0.2) is 14.2 Å². The van der Waals surface area contributed by atoms with E-state index in [1.165, 1.54) is 0 Å². The van der Waals surface area contributed by atoms with Crippen LogP contribution < -0.4 is 9.47 Å². The molecule has 0 radical (unpaired) electrons. The second-order valence-corrected chi connectivity index (χ2v) is 5.66. The van der Waals surface area contributed by atoms with Gasteiger partial charge in [-0.2, -0.15) is 0 Å². The molecule has 2 aromatic rings. The summed E-state index contributed by atoms with van der Waals surface area (Å²) in [6.07, 6.45) is 0. The lowest BCUT2D eigenvalue weighted by molar-refractivity contribution is 0.414. The van der Waals surface area contributed by atoms with Crippen molar-refractivity contribution in [1.82, 2.24) is 0 Å². The summed E-state index contributed by atoms with van der Waals surface area (Å²) in [6, 6.07) is 11.1. The minimum absolute atomic E-state index is 0.652. The van der Waals surface area contributed by atoms with E-state index in [9.17, 15) is 0 Å². The average Bonchev–Trinajstić information content (AvgIpc) is 2.46. The van der Waals surface area contributed by atoms with Gasteiger partial charge in [0.25, 0.3) is 0 Å². The molecule has 0 N–H and O–H groups in total. The number of ether oxygens (including phenoxy) is 2. The Morgan fingerprint density at radius 3 is 1.50 bits per heavy atom. The highest BCUT2D eigenvalue weighted by atomic mass is 79.9. The van der Waals surface area contributed by atoms with Gasteiger partial charge in [0.15, 0.2) is 0 Å². The van der Waals surface area contributed by atoms with Crippen LogP contribution in [0.1, 0.15) is 0 Å². The summed E-state index contributed by atoms with van der Waals surface area (Å²) in [7, 11) is 3.20. The van der Waals surface area contributed by atoms with Crippen LogP contribution in [0.4, 0.5) is 11.4 Å². The van der Waals surface area contributed by atoms with Crippen molar-refractivity contribution in [1.29, 1.82) is 0 Å². The molecule has 0 aliphatic carbocycles. The molecule has 0 aromatic heterocycles. The lowest BCUT2D eigenvalue weighted by Crippen LogP contribution is -1.84. The maximum absolute atomic E-state index is 5.27. The predicted molar refractivity (Wildman–Crippen MR) is 85.6 cm³/mol. The molecule has 0 bridgehead atoms. The molecule has 2 aromatic carbocycles. The van der Waals surface area contributed by atoms with Gasteiger partial charge in [-0.3, -0.25) is 0 Å². The maximum atomic E-state index is 5.27. The van der Waals surface area contributed by atoms with E-state index in [-0.39, 0.29) is 0 Å². The summed E-state index contributed by atoms with van der Waals surface area (Å²) in [6.45, 7) is 0. The Morgan fingerprint density at radius 1 is 0.750 bits per heavy atom. The van der Waals surface area contributed by atoms with E-state index in [4.69, 9.17) is 9.47 Å². The van der Waals surface area contributed by atoms with Crippen molar-refractivity contribution in [2.75, 3.05) is 14.2 Å². The summed E-state index contributed by atoms with van der Waals surface area (Å²) in [4.78, 5) is 0. The van der Waals surface area contributed by atoms with E-state index in [2.05, 4.69) is 42.1 Å². The normalized spacial score (nSPS) is 10.8. The van der Waals surface area contributed by atoms with Crippen LogP contribution in [0.5, 0.6) is 11.5 Å². The Morgan fingerprint density at radius 2 is 1.15 bits per heavy atom. The molecule has 0 spiro atoms. The van der Waals surface area contributed by atoms with E-state index < -0.39 is 0 Å². The van der Waals surface area contributed by atoms with Gasteiger partial charge < -0.3 is 9.47 Å². The maximum Gasteiger partial charge on any atom is 0.147 e. The van der Waals surface area contributed by atoms with Gasteiger partial charge in [-0.1, -0.05) is 31.9 Å². The molecule has 0 saturated heterocycles. The minimum atomic E-state index is 0.652. The highest BCUT2D eigenvalue weighted by Gasteiger charge is 2.05. The van der Waals surface area contributed by atoms with Crippen molar-refractivity contribution in [3.8, 4) is 11.5 Å². The van der Waals surface area contributed by atoms with E-state index in [1.807, 2.05) is 36.4 Å². The molecule has 0 atom stereocenters. The van der Waals surface area contributed by atoms with Gasteiger partial charge in [-0.15, -0.1) is 10.2 Å². The highest BCUT2D eigenvalue weighted by Crippen LogP contribution is 2.35. The second-order valence-electron chi connectivity index (χ2n) is 3.83. The van der Waals surface area contributed by atoms with Gasteiger partial charge in [0.2, 0.25) is 0 Å². The Labute approximate surface area is 134 Å². The standard InChI is InChI=1S/C14H12Br2N2O2/c1-19-13-7-9(15)3-5-11(13)17-18-12-6-4-10(16)8-14(12)20-2/h3-8H,1-2H3. The summed E-state index contributed by atoms with van der Waals surface area (Å²) >= 11 is 6.77. The van der Waals surface area contributed by atoms with Crippen LogP contribution >= 0.6 is 31.9 Å². The van der Waals surface area contributed by atoms with Crippen molar-refractivity contribution in [2.24, 2.45) is 10.2 Å². The third-order valence-corrected chi connectivity index (χ3v) is 3.54. The zero-order chi connectivity index (χ0) is 14.5. The van der Waals surface area contributed by atoms with Crippen LogP contribution in [0.3, 0.4) is 0 Å². The highest BCUT2D eigenvalue weighted by molar-refractivity contribution is 9.10. The van der Waals surface area contributed by atoms with Gasteiger partial charge in [-0.25, -0.2) is 0 Å². The number of methoxy groups -OCH3 is 2. The molecule has 0 unspecified atom stereocenters. The predicted octanol–water partition coefficient (Wildman–Crippen LogP) is 5.64. The quantitative estimate of drug-likeness (QED) is 0.624. The zero-order valence-corrected chi connectivity index (χ0v) is 14.1. The molecule has 0 amide bonds. The van der Waals surface area contributed by atoms with Crippen molar-refractivity contribution in [2.45, 2.75) is 0 Å². The molecule has 0 fully saturated rings. The fourth-order valence-electron chi connectivity index (χ4n) is 1.58. The first-order valence-electron chi connectivity index (χ1n) is 5.73. The molecule has 104 valence electrons. The molecule has 2 rings (SSSR count). The number of azo groups is 1. The van der Waals surface area contributed by atoms with E-state index >= 15 is 0 Å². The lowest BCUT2D eigenvalue weighted by atomic mass is 10.3. The van der Waals surface area contributed by atoms with E-state index in [0.717, 1.165) is 8.95 Å². The van der Waals surface area contributed by atoms with Gasteiger partial charge >= 0.3 is 0 Å². The minimum Gasteiger partial charge on any atom is -0.494 e. The van der Waals surface area contributed by atoms with Gasteiger partial charge in [0.1, 0.15) is 22.9 Å². The molecular weight excluding hydrogens is 388 g/mol. The summed E-state index contributed by atoms with van der Waals surface area (Å²) < 4.78 is 12.4. The Kier molecular flexibility index (Phi) is 5.14. The van der Waals surface area contributed by atoms with Gasteiger partial charge in [-0.05, 0) is 36.4 Å². The first-order valence-corrected chi connectivity index (χ1v) is 7.31. The monoisotopic (exact) mass is 398 g/mol. The van der Waals surface area contributed by atoms with Crippen LogP contribution in [0.25, 0.3) is 0 Å². The molecule has 6 heteroatoms. The second kappa shape index (κ2) is 6.85. The molecule has 4 nitrogen and oxygen atoms in total. The molecule has 20 heavy (non-hydrogen) atoms. The summed E-state index contributed by atoms with van der Waals surface area (Å²) in [5.74, 6) is 1.30.